The van der Waals surface area contributed by atoms with E-state index in [9.17, 15) is 20.4 Å². The minimum atomic E-state index is -1.22. The van der Waals surface area contributed by atoms with Gasteiger partial charge in [0.1, 0.15) is 0 Å². The summed E-state index contributed by atoms with van der Waals surface area (Å²) in [6.07, 6.45) is -1.65. The molecule has 0 bridgehead atoms. The topological polar surface area (TPSA) is 112 Å². The van der Waals surface area contributed by atoms with Crippen LogP contribution in [0.3, 0.4) is 0 Å². The second-order valence-corrected chi connectivity index (χ2v) is 7.52. The van der Waals surface area contributed by atoms with Crippen LogP contribution in [0.25, 0.3) is 21.8 Å². The van der Waals surface area contributed by atoms with Gasteiger partial charge in [0.25, 0.3) is 0 Å². The molecule has 2 aromatic carbocycles. The number of H-pyrrole nitrogens is 2. The summed E-state index contributed by atoms with van der Waals surface area (Å²) in [7, 11) is 0. The Kier molecular flexibility index (Phi) is 4.03. The molecule has 0 radical (unpaired) electrons. The molecule has 6 nitrogen and oxygen atoms in total. The van der Waals surface area contributed by atoms with Crippen molar-refractivity contribution in [3.05, 3.63) is 71.5 Å². The molecule has 5 atom stereocenters. The van der Waals surface area contributed by atoms with E-state index in [1.165, 1.54) is 0 Å². The lowest BCUT2D eigenvalue weighted by Crippen LogP contribution is -2.46. The minimum absolute atomic E-state index is 0.473. The molecule has 0 amide bonds. The van der Waals surface area contributed by atoms with Crippen LogP contribution in [0.15, 0.2) is 54.7 Å². The van der Waals surface area contributed by atoms with Crippen LogP contribution in [0, 0.1) is 0 Å². The molecule has 6 N–H and O–H groups in total. The van der Waals surface area contributed by atoms with E-state index in [0.717, 1.165) is 32.9 Å². The second kappa shape index (κ2) is 6.46. The van der Waals surface area contributed by atoms with Crippen LogP contribution >= 0.6 is 0 Å². The molecule has 0 saturated carbocycles. The van der Waals surface area contributed by atoms with Crippen LogP contribution in [0.4, 0.5) is 0 Å². The van der Waals surface area contributed by atoms with Crippen LogP contribution in [0.2, 0.25) is 0 Å². The maximum absolute atomic E-state index is 11.1. The van der Waals surface area contributed by atoms with Gasteiger partial charge in [0, 0.05) is 39.6 Å². The molecule has 0 saturated heterocycles. The van der Waals surface area contributed by atoms with Crippen molar-refractivity contribution in [2.24, 2.45) is 0 Å². The maximum atomic E-state index is 11.1. The number of aromatic amines is 2. The second-order valence-electron chi connectivity index (χ2n) is 7.52. The van der Waals surface area contributed by atoms with Gasteiger partial charge in [-0.2, -0.15) is 0 Å². The molecule has 5 unspecified atom stereocenters. The first-order chi connectivity index (χ1) is 13.6. The molecule has 6 heteroatoms. The highest BCUT2D eigenvalue weighted by atomic mass is 16.3. The molecule has 2 aromatic heterocycles. The van der Waals surface area contributed by atoms with Gasteiger partial charge < -0.3 is 30.4 Å². The number of fused-ring (bicyclic) bond motifs is 4. The third-order valence-electron chi connectivity index (χ3n) is 6.04. The van der Waals surface area contributed by atoms with Crippen molar-refractivity contribution in [2.45, 2.75) is 30.1 Å². The minimum Gasteiger partial charge on any atom is -0.394 e. The Hall–Kier alpha value is -2.64. The number of rotatable bonds is 3. The summed E-state index contributed by atoms with van der Waals surface area (Å²) in [6.45, 7) is -0.499. The highest BCUT2D eigenvalue weighted by Crippen LogP contribution is 2.48. The molecule has 1 aliphatic rings. The van der Waals surface area contributed by atoms with Crippen molar-refractivity contribution in [1.29, 1.82) is 0 Å². The number of aliphatic hydroxyl groups is 4. The van der Waals surface area contributed by atoms with Crippen LogP contribution in [0.1, 0.15) is 28.7 Å². The molecule has 0 fully saturated rings. The Morgan fingerprint density at radius 1 is 0.893 bits per heavy atom. The standard InChI is InChI=1S/C22H22N2O4/c25-10-16(26)19-20-17(12-6-2-4-8-15(12)24-20)18(21(27)22(19)28)13-9-23-14-7-3-1-5-11(13)14/h1-9,16,18-19,21-28H,10H2. The molecule has 4 aromatic rings. The average Bonchev–Trinajstić information content (AvgIpc) is 3.31. The van der Waals surface area contributed by atoms with Gasteiger partial charge in [-0.3, -0.25) is 0 Å². The van der Waals surface area contributed by atoms with Gasteiger partial charge in [-0.25, -0.2) is 0 Å². The maximum Gasteiger partial charge on any atom is 0.0917 e. The van der Waals surface area contributed by atoms with Crippen molar-refractivity contribution in [2.75, 3.05) is 6.61 Å². The molecule has 0 aliphatic heterocycles. The van der Waals surface area contributed by atoms with E-state index in [1.54, 1.807) is 0 Å². The summed E-state index contributed by atoms with van der Waals surface area (Å²) in [5.74, 6) is -1.27. The van der Waals surface area contributed by atoms with E-state index in [4.69, 9.17) is 0 Å². The lowest BCUT2D eigenvalue weighted by atomic mass is 9.71. The number of hydrogen-bond acceptors (Lipinski definition) is 4. The van der Waals surface area contributed by atoms with Crippen LogP contribution in [-0.2, 0) is 0 Å². The normalized spacial score (nSPS) is 25.9. The molecular formula is C22H22N2O4. The van der Waals surface area contributed by atoms with E-state index in [2.05, 4.69) is 9.97 Å². The monoisotopic (exact) mass is 378 g/mol. The van der Waals surface area contributed by atoms with Gasteiger partial charge in [0.2, 0.25) is 0 Å². The van der Waals surface area contributed by atoms with Gasteiger partial charge >= 0.3 is 0 Å². The fourth-order valence-electron chi connectivity index (χ4n) is 4.76. The molecule has 5 rings (SSSR count). The van der Waals surface area contributed by atoms with Crippen LogP contribution < -0.4 is 0 Å². The van der Waals surface area contributed by atoms with Crippen molar-refractivity contribution in [3.8, 4) is 0 Å². The number of aromatic nitrogens is 2. The smallest absolute Gasteiger partial charge is 0.0917 e. The molecule has 144 valence electrons. The number of aliphatic hydroxyl groups excluding tert-OH is 4. The summed E-state index contributed by atoms with van der Waals surface area (Å²) in [6, 6.07) is 15.6. The zero-order valence-electron chi connectivity index (χ0n) is 15.1. The molecule has 0 spiro atoms. The largest absolute Gasteiger partial charge is 0.394 e. The van der Waals surface area contributed by atoms with Crippen molar-refractivity contribution in [3.63, 3.8) is 0 Å². The average molecular weight is 378 g/mol. The quantitative estimate of drug-likeness (QED) is 0.327. The van der Waals surface area contributed by atoms with Gasteiger partial charge in [-0.1, -0.05) is 36.4 Å². The van der Waals surface area contributed by atoms with Crippen molar-refractivity contribution >= 4 is 21.8 Å². The molecule has 2 heterocycles. The summed E-state index contributed by atoms with van der Waals surface area (Å²) in [5.41, 5.74) is 4.24. The van der Waals surface area contributed by atoms with Crippen molar-refractivity contribution in [1.82, 2.24) is 9.97 Å². The fourth-order valence-corrected chi connectivity index (χ4v) is 4.76. The first-order valence-electron chi connectivity index (χ1n) is 9.43. The first kappa shape index (κ1) is 17.5. The number of nitrogens with one attached hydrogen (secondary N) is 2. The zero-order chi connectivity index (χ0) is 19.4. The van der Waals surface area contributed by atoms with Crippen LogP contribution in [0.5, 0.6) is 0 Å². The highest BCUT2D eigenvalue weighted by molar-refractivity contribution is 5.90. The third kappa shape index (κ3) is 2.36. The van der Waals surface area contributed by atoms with E-state index >= 15 is 0 Å². The van der Waals surface area contributed by atoms with Gasteiger partial charge in [-0.05, 0) is 23.3 Å². The Labute approximate surface area is 161 Å². The highest BCUT2D eigenvalue weighted by Gasteiger charge is 2.47. The number of benzene rings is 2. The van der Waals surface area contributed by atoms with Gasteiger partial charge in [0.15, 0.2) is 0 Å². The summed E-state index contributed by atoms with van der Waals surface area (Å²) in [5, 5.41) is 43.9. The number of hydrogen-bond donors (Lipinski definition) is 6. The SMILES string of the molecule is OCC(O)C1c2[nH]c3ccccc3c2C(c2c[nH]c3ccccc23)C(O)C1O. The third-order valence-corrected chi connectivity index (χ3v) is 6.04. The molecule has 1 aliphatic carbocycles. The van der Waals surface area contributed by atoms with Gasteiger partial charge in [-0.15, -0.1) is 0 Å². The van der Waals surface area contributed by atoms with Gasteiger partial charge in [0.05, 0.1) is 30.8 Å². The lowest BCUT2D eigenvalue weighted by Gasteiger charge is -2.39. The first-order valence-corrected chi connectivity index (χ1v) is 9.43. The lowest BCUT2D eigenvalue weighted by molar-refractivity contribution is -0.0557. The summed E-state index contributed by atoms with van der Waals surface area (Å²) in [4.78, 5) is 6.56. The predicted octanol–water partition coefficient (Wildman–Crippen LogP) is 1.95. The predicted molar refractivity (Wildman–Crippen MR) is 106 cm³/mol. The summed E-state index contributed by atoms with van der Waals surface area (Å²) >= 11 is 0. The Bertz CT molecular complexity index is 1150. The van der Waals surface area contributed by atoms with Crippen LogP contribution in [-0.4, -0.2) is 55.3 Å². The van der Waals surface area contributed by atoms with E-state index < -0.39 is 36.8 Å². The summed E-state index contributed by atoms with van der Waals surface area (Å²) < 4.78 is 0. The van der Waals surface area contributed by atoms with E-state index in [0.29, 0.717) is 5.69 Å². The van der Waals surface area contributed by atoms with E-state index in [1.807, 2.05) is 54.7 Å². The Morgan fingerprint density at radius 3 is 2.32 bits per heavy atom. The number of para-hydroxylation sites is 2. The van der Waals surface area contributed by atoms with E-state index in [-0.39, 0.29) is 0 Å². The Morgan fingerprint density at radius 2 is 1.57 bits per heavy atom. The van der Waals surface area contributed by atoms with Crippen molar-refractivity contribution < 1.29 is 20.4 Å². The molecule has 28 heavy (non-hydrogen) atoms. The fraction of sp³-hybridized carbons (Fsp3) is 0.273. The zero-order valence-corrected chi connectivity index (χ0v) is 15.1. The Balaban J connectivity index is 1.81. The molecular weight excluding hydrogens is 356 g/mol.